The normalized spacial score (nSPS) is 16.4. The fourth-order valence-corrected chi connectivity index (χ4v) is 2.71. The van der Waals surface area contributed by atoms with Crippen LogP contribution in [-0.2, 0) is 4.79 Å². The number of carbonyl (C=O) groups is 1. The second-order valence-electron chi connectivity index (χ2n) is 5.53. The van der Waals surface area contributed by atoms with Crippen molar-refractivity contribution in [3.63, 3.8) is 0 Å². The number of ether oxygens (including phenoxy) is 1. The minimum Gasteiger partial charge on any atom is -0.492 e. The van der Waals surface area contributed by atoms with Gasteiger partial charge in [-0.2, -0.15) is 0 Å². The number of rotatable bonds is 6. The molecule has 0 amide bonds. The number of carboxylic acids is 1. The Morgan fingerprint density at radius 2 is 1.95 bits per heavy atom. The van der Waals surface area contributed by atoms with Crippen molar-refractivity contribution in [3.8, 4) is 5.75 Å². The van der Waals surface area contributed by atoms with E-state index < -0.39 is 11.5 Å². The zero-order valence-electron chi connectivity index (χ0n) is 11.8. The molecule has 0 aromatic heterocycles. The van der Waals surface area contributed by atoms with E-state index in [-0.39, 0.29) is 0 Å². The highest BCUT2D eigenvalue weighted by Gasteiger charge is 2.43. The van der Waals surface area contributed by atoms with E-state index in [4.69, 9.17) is 4.74 Å². The molecule has 3 rings (SSSR count). The molecule has 0 radical (unpaired) electrons. The van der Waals surface area contributed by atoms with Gasteiger partial charge in [0.05, 0.1) is 0 Å². The van der Waals surface area contributed by atoms with Crippen molar-refractivity contribution in [3.05, 3.63) is 42.5 Å². The number of fused-ring (bicyclic) bond motifs is 1. The highest BCUT2D eigenvalue weighted by atomic mass is 16.5. The van der Waals surface area contributed by atoms with E-state index in [1.165, 1.54) is 5.39 Å². The van der Waals surface area contributed by atoms with Gasteiger partial charge in [0.25, 0.3) is 0 Å². The lowest BCUT2D eigenvalue weighted by molar-refractivity contribution is -0.148. The largest absolute Gasteiger partial charge is 0.492 e. The van der Waals surface area contributed by atoms with Crippen LogP contribution >= 0.6 is 0 Å². The smallest absolute Gasteiger partial charge is 0.323 e. The van der Waals surface area contributed by atoms with Crippen LogP contribution in [-0.4, -0.2) is 29.8 Å². The SMILES string of the molecule is O=C(O)C1(NCCOc2ccc3ccccc3c2)CCC1. The minimum absolute atomic E-state index is 0.466. The van der Waals surface area contributed by atoms with E-state index >= 15 is 0 Å². The molecule has 0 unspecified atom stereocenters. The van der Waals surface area contributed by atoms with E-state index in [9.17, 15) is 9.90 Å². The highest BCUT2D eigenvalue weighted by Crippen LogP contribution is 2.31. The quantitative estimate of drug-likeness (QED) is 0.801. The number of aliphatic carboxylic acids is 1. The Kier molecular flexibility index (Phi) is 3.80. The molecule has 4 nitrogen and oxygen atoms in total. The highest BCUT2D eigenvalue weighted by molar-refractivity contribution is 5.83. The lowest BCUT2D eigenvalue weighted by Gasteiger charge is -2.38. The minimum atomic E-state index is -0.751. The molecule has 2 aromatic rings. The number of hydrogen-bond donors (Lipinski definition) is 2. The van der Waals surface area contributed by atoms with Gasteiger partial charge in [-0.1, -0.05) is 30.3 Å². The standard InChI is InChI=1S/C17H19NO3/c19-16(20)17(8-3-9-17)18-10-11-21-15-7-6-13-4-1-2-5-14(13)12-15/h1-2,4-7,12,18H,3,8-11H2,(H,19,20). The van der Waals surface area contributed by atoms with Crippen molar-refractivity contribution in [2.45, 2.75) is 24.8 Å². The average Bonchev–Trinajstić information content (AvgIpc) is 2.45. The van der Waals surface area contributed by atoms with Crippen molar-refractivity contribution in [1.29, 1.82) is 0 Å². The lowest BCUT2D eigenvalue weighted by atomic mass is 9.77. The fraction of sp³-hybridized carbons (Fsp3) is 0.353. The maximum Gasteiger partial charge on any atom is 0.323 e. The average molecular weight is 285 g/mol. The van der Waals surface area contributed by atoms with Crippen LogP contribution < -0.4 is 10.1 Å². The maximum atomic E-state index is 11.2. The molecule has 2 N–H and O–H groups in total. The zero-order valence-corrected chi connectivity index (χ0v) is 11.8. The third kappa shape index (κ3) is 2.85. The third-order valence-corrected chi connectivity index (χ3v) is 4.17. The van der Waals surface area contributed by atoms with Crippen LogP contribution in [0.2, 0.25) is 0 Å². The molecule has 0 atom stereocenters. The van der Waals surface area contributed by atoms with Crippen molar-refractivity contribution in [2.75, 3.05) is 13.2 Å². The summed E-state index contributed by atoms with van der Waals surface area (Å²) in [4.78, 5) is 11.2. The molecule has 1 aliphatic carbocycles. The Morgan fingerprint density at radius 1 is 1.19 bits per heavy atom. The first kappa shape index (κ1) is 13.9. The van der Waals surface area contributed by atoms with Crippen LogP contribution in [0, 0.1) is 0 Å². The van der Waals surface area contributed by atoms with Crippen molar-refractivity contribution >= 4 is 16.7 Å². The van der Waals surface area contributed by atoms with Gasteiger partial charge in [-0.25, -0.2) is 0 Å². The molecule has 110 valence electrons. The van der Waals surface area contributed by atoms with Gasteiger partial charge >= 0.3 is 5.97 Å². The summed E-state index contributed by atoms with van der Waals surface area (Å²) in [6, 6.07) is 14.1. The summed E-state index contributed by atoms with van der Waals surface area (Å²) in [5, 5.41) is 14.7. The first-order valence-corrected chi connectivity index (χ1v) is 7.30. The number of nitrogens with one attached hydrogen (secondary N) is 1. The van der Waals surface area contributed by atoms with E-state index in [2.05, 4.69) is 11.4 Å². The van der Waals surface area contributed by atoms with Gasteiger partial charge < -0.3 is 9.84 Å². The predicted octanol–water partition coefficient (Wildman–Crippen LogP) is 2.82. The summed E-state index contributed by atoms with van der Waals surface area (Å²) in [6.07, 6.45) is 2.39. The Labute approximate surface area is 123 Å². The molecule has 21 heavy (non-hydrogen) atoms. The fourth-order valence-electron chi connectivity index (χ4n) is 2.71. The lowest BCUT2D eigenvalue weighted by Crippen LogP contribution is -2.57. The molecule has 2 aromatic carbocycles. The van der Waals surface area contributed by atoms with E-state index in [0.29, 0.717) is 26.0 Å². The van der Waals surface area contributed by atoms with Crippen LogP contribution in [0.1, 0.15) is 19.3 Å². The van der Waals surface area contributed by atoms with Crippen LogP contribution in [0.3, 0.4) is 0 Å². The molecule has 0 bridgehead atoms. The van der Waals surface area contributed by atoms with Gasteiger partial charge in [0.1, 0.15) is 17.9 Å². The van der Waals surface area contributed by atoms with Crippen molar-refractivity contribution in [1.82, 2.24) is 5.32 Å². The first-order valence-electron chi connectivity index (χ1n) is 7.30. The summed E-state index contributed by atoms with van der Waals surface area (Å²) in [5.41, 5.74) is -0.716. The molecule has 0 spiro atoms. The molecule has 4 heteroatoms. The molecular formula is C17H19NO3. The Hall–Kier alpha value is -2.07. The first-order chi connectivity index (χ1) is 10.2. The second-order valence-corrected chi connectivity index (χ2v) is 5.53. The molecule has 0 saturated heterocycles. The molecular weight excluding hydrogens is 266 g/mol. The van der Waals surface area contributed by atoms with Gasteiger partial charge in [-0.3, -0.25) is 10.1 Å². The number of hydrogen-bond acceptors (Lipinski definition) is 3. The molecule has 1 aliphatic rings. The van der Waals surface area contributed by atoms with Crippen LogP contribution in [0.25, 0.3) is 10.8 Å². The monoisotopic (exact) mass is 285 g/mol. The predicted molar refractivity (Wildman–Crippen MR) is 81.7 cm³/mol. The van der Waals surface area contributed by atoms with Gasteiger partial charge in [0.2, 0.25) is 0 Å². The van der Waals surface area contributed by atoms with Crippen LogP contribution in [0.4, 0.5) is 0 Å². The summed E-state index contributed by atoms with van der Waals surface area (Å²) in [5.74, 6) is 0.0629. The number of carboxylic acid groups (broad SMARTS) is 1. The van der Waals surface area contributed by atoms with Crippen molar-refractivity contribution in [2.24, 2.45) is 0 Å². The number of benzene rings is 2. The van der Waals surface area contributed by atoms with E-state index in [1.54, 1.807) is 0 Å². The van der Waals surface area contributed by atoms with Gasteiger partial charge in [-0.15, -0.1) is 0 Å². The maximum absolute atomic E-state index is 11.2. The molecule has 0 heterocycles. The van der Waals surface area contributed by atoms with E-state index in [1.807, 2.05) is 36.4 Å². The summed E-state index contributed by atoms with van der Waals surface area (Å²) >= 11 is 0. The van der Waals surface area contributed by atoms with Crippen LogP contribution in [0.15, 0.2) is 42.5 Å². The van der Waals surface area contributed by atoms with Gasteiger partial charge in [-0.05, 0) is 42.2 Å². The molecule has 1 saturated carbocycles. The third-order valence-electron chi connectivity index (χ3n) is 4.17. The van der Waals surface area contributed by atoms with Crippen LogP contribution in [0.5, 0.6) is 5.75 Å². The summed E-state index contributed by atoms with van der Waals surface area (Å²) in [7, 11) is 0. The van der Waals surface area contributed by atoms with Crippen molar-refractivity contribution < 1.29 is 14.6 Å². The van der Waals surface area contributed by atoms with E-state index in [0.717, 1.165) is 17.6 Å². The Bertz CT molecular complexity index is 649. The van der Waals surface area contributed by atoms with Gasteiger partial charge in [0.15, 0.2) is 0 Å². The molecule has 1 fully saturated rings. The Morgan fingerprint density at radius 3 is 2.62 bits per heavy atom. The topological polar surface area (TPSA) is 58.6 Å². The molecule has 0 aliphatic heterocycles. The second kappa shape index (κ2) is 5.74. The van der Waals surface area contributed by atoms with Gasteiger partial charge in [0, 0.05) is 6.54 Å². The Balaban J connectivity index is 1.53. The summed E-state index contributed by atoms with van der Waals surface area (Å²) < 4.78 is 5.70. The zero-order chi connectivity index (χ0) is 14.7. The summed E-state index contributed by atoms with van der Waals surface area (Å²) in [6.45, 7) is 1.01.